The Morgan fingerprint density at radius 2 is 1.78 bits per heavy atom. The molecule has 1 fully saturated rings. The van der Waals surface area contributed by atoms with Crippen LogP contribution in [0.5, 0.6) is 0 Å². The number of piperazine rings is 1. The van der Waals surface area contributed by atoms with E-state index in [0.29, 0.717) is 19.6 Å². The Morgan fingerprint density at radius 1 is 1.13 bits per heavy atom. The summed E-state index contributed by atoms with van der Waals surface area (Å²) in [7, 11) is 1.39. The van der Waals surface area contributed by atoms with Crippen LogP contribution in [0.1, 0.15) is 5.56 Å². The first-order valence-corrected chi connectivity index (χ1v) is 7.75. The molecule has 1 saturated heterocycles. The highest BCUT2D eigenvalue weighted by atomic mass is 16.5. The van der Waals surface area contributed by atoms with E-state index in [4.69, 9.17) is 4.74 Å². The molecule has 1 aromatic carbocycles. The molecule has 23 heavy (non-hydrogen) atoms. The van der Waals surface area contributed by atoms with Gasteiger partial charge in [-0.25, -0.2) is 9.59 Å². The van der Waals surface area contributed by atoms with Gasteiger partial charge in [0.05, 0.1) is 7.11 Å². The van der Waals surface area contributed by atoms with E-state index in [1.54, 1.807) is 4.90 Å². The predicted octanol–water partition coefficient (Wildman–Crippen LogP) is 1.50. The first kappa shape index (κ1) is 17.1. The van der Waals surface area contributed by atoms with Crippen molar-refractivity contribution in [2.75, 3.05) is 51.7 Å². The van der Waals surface area contributed by atoms with Gasteiger partial charge in [-0.2, -0.15) is 0 Å². The number of aryl methyl sites for hydroxylation is 1. The molecule has 126 valence electrons. The number of hydrogen-bond acceptors (Lipinski definition) is 4. The third kappa shape index (κ3) is 5.45. The molecular formula is C16H24N4O3. The van der Waals surface area contributed by atoms with Crippen molar-refractivity contribution in [3.8, 4) is 0 Å². The van der Waals surface area contributed by atoms with Gasteiger partial charge in [0.2, 0.25) is 0 Å². The molecule has 0 spiro atoms. The van der Waals surface area contributed by atoms with Crippen molar-refractivity contribution >= 4 is 17.8 Å². The van der Waals surface area contributed by atoms with Gasteiger partial charge in [0.25, 0.3) is 0 Å². The summed E-state index contributed by atoms with van der Waals surface area (Å²) in [6.07, 6.45) is -0.278. The molecule has 1 aromatic rings. The normalized spacial score (nSPS) is 15.1. The monoisotopic (exact) mass is 320 g/mol. The van der Waals surface area contributed by atoms with Crippen molar-refractivity contribution in [1.29, 1.82) is 0 Å². The van der Waals surface area contributed by atoms with Crippen LogP contribution < -0.4 is 10.6 Å². The Hall–Kier alpha value is -2.28. The van der Waals surface area contributed by atoms with E-state index in [9.17, 15) is 9.59 Å². The molecule has 1 aliphatic heterocycles. The van der Waals surface area contributed by atoms with E-state index in [-0.39, 0.29) is 12.1 Å². The predicted molar refractivity (Wildman–Crippen MR) is 88.6 cm³/mol. The highest BCUT2D eigenvalue weighted by molar-refractivity contribution is 5.89. The molecule has 0 unspecified atom stereocenters. The summed E-state index contributed by atoms with van der Waals surface area (Å²) < 4.78 is 4.70. The molecule has 0 radical (unpaired) electrons. The lowest BCUT2D eigenvalue weighted by molar-refractivity contribution is 0.0916. The number of urea groups is 1. The van der Waals surface area contributed by atoms with Crippen molar-refractivity contribution < 1.29 is 14.3 Å². The standard InChI is InChI=1S/C16H24N4O3/c1-13-3-5-14(6-4-13)18-15(21)17-7-8-19-9-11-20(12-10-19)16(22)23-2/h3-6H,7-12H2,1-2H3,(H2,17,18,21). The minimum Gasteiger partial charge on any atom is -0.453 e. The summed E-state index contributed by atoms with van der Waals surface area (Å²) in [5.41, 5.74) is 1.93. The third-order valence-corrected chi connectivity index (χ3v) is 3.83. The van der Waals surface area contributed by atoms with Crippen LogP contribution in [0.2, 0.25) is 0 Å². The van der Waals surface area contributed by atoms with Crippen LogP contribution in [0.3, 0.4) is 0 Å². The summed E-state index contributed by atoms with van der Waals surface area (Å²) in [5.74, 6) is 0. The molecule has 0 bridgehead atoms. The summed E-state index contributed by atoms with van der Waals surface area (Å²) in [6.45, 7) is 6.22. The summed E-state index contributed by atoms with van der Waals surface area (Å²) >= 11 is 0. The second kappa shape index (κ2) is 8.38. The maximum atomic E-state index is 11.8. The van der Waals surface area contributed by atoms with Crippen molar-refractivity contribution in [2.24, 2.45) is 0 Å². The van der Waals surface area contributed by atoms with E-state index in [1.807, 2.05) is 31.2 Å². The van der Waals surface area contributed by atoms with E-state index in [2.05, 4.69) is 15.5 Å². The van der Waals surface area contributed by atoms with Crippen LogP contribution in [0.15, 0.2) is 24.3 Å². The number of nitrogens with zero attached hydrogens (tertiary/aromatic N) is 2. The number of amides is 3. The van der Waals surface area contributed by atoms with Crippen molar-refractivity contribution in [2.45, 2.75) is 6.92 Å². The zero-order valence-corrected chi connectivity index (χ0v) is 13.7. The maximum Gasteiger partial charge on any atom is 0.409 e. The minimum atomic E-state index is -0.278. The molecule has 7 heteroatoms. The SMILES string of the molecule is COC(=O)N1CCN(CCNC(=O)Nc2ccc(C)cc2)CC1. The van der Waals surface area contributed by atoms with Gasteiger partial charge in [0, 0.05) is 45.0 Å². The van der Waals surface area contributed by atoms with Gasteiger partial charge in [-0.15, -0.1) is 0 Å². The molecule has 0 aliphatic carbocycles. The fourth-order valence-electron chi connectivity index (χ4n) is 2.42. The van der Waals surface area contributed by atoms with Crippen LogP contribution in [-0.4, -0.2) is 68.3 Å². The fraction of sp³-hybridized carbons (Fsp3) is 0.500. The number of ether oxygens (including phenoxy) is 1. The van der Waals surface area contributed by atoms with Crippen molar-refractivity contribution in [1.82, 2.24) is 15.1 Å². The highest BCUT2D eigenvalue weighted by Crippen LogP contribution is 2.08. The molecule has 3 amide bonds. The van der Waals surface area contributed by atoms with Gasteiger partial charge in [0.15, 0.2) is 0 Å². The number of rotatable bonds is 4. The Kier molecular flexibility index (Phi) is 6.22. The summed E-state index contributed by atoms with van der Waals surface area (Å²) in [6, 6.07) is 7.45. The lowest BCUT2D eigenvalue weighted by atomic mass is 10.2. The lowest BCUT2D eigenvalue weighted by Gasteiger charge is -2.33. The Bertz CT molecular complexity index is 525. The van der Waals surface area contributed by atoms with Crippen LogP contribution >= 0.6 is 0 Å². The average molecular weight is 320 g/mol. The molecule has 7 nitrogen and oxygen atoms in total. The van der Waals surface area contributed by atoms with Gasteiger partial charge >= 0.3 is 12.1 Å². The number of methoxy groups -OCH3 is 1. The number of nitrogens with one attached hydrogen (secondary N) is 2. The molecule has 1 heterocycles. The van der Waals surface area contributed by atoms with Gasteiger partial charge in [-0.3, -0.25) is 4.90 Å². The first-order chi connectivity index (χ1) is 11.1. The number of hydrogen-bond donors (Lipinski definition) is 2. The molecule has 0 aromatic heterocycles. The van der Waals surface area contributed by atoms with Gasteiger partial charge in [0.1, 0.15) is 0 Å². The molecule has 0 saturated carbocycles. The van der Waals surface area contributed by atoms with Crippen LogP contribution in [0, 0.1) is 6.92 Å². The molecule has 0 atom stereocenters. The molecule has 1 aliphatic rings. The van der Waals surface area contributed by atoms with Gasteiger partial charge in [-0.05, 0) is 19.1 Å². The van der Waals surface area contributed by atoms with E-state index in [1.165, 1.54) is 7.11 Å². The van der Waals surface area contributed by atoms with Crippen LogP contribution in [0.4, 0.5) is 15.3 Å². The minimum absolute atomic E-state index is 0.206. The van der Waals surface area contributed by atoms with E-state index < -0.39 is 0 Å². The molecule has 2 N–H and O–H groups in total. The zero-order valence-electron chi connectivity index (χ0n) is 13.7. The number of carbonyl (C=O) groups excluding carboxylic acids is 2. The largest absolute Gasteiger partial charge is 0.453 e. The summed E-state index contributed by atoms with van der Waals surface area (Å²) in [4.78, 5) is 27.1. The maximum absolute atomic E-state index is 11.8. The second-order valence-electron chi connectivity index (χ2n) is 5.55. The van der Waals surface area contributed by atoms with Gasteiger partial charge in [-0.1, -0.05) is 17.7 Å². The summed E-state index contributed by atoms with van der Waals surface area (Å²) in [5, 5.41) is 5.64. The Labute approximate surface area is 136 Å². The first-order valence-electron chi connectivity index (χ1n) is 7.75. The van der Waals surface area contributed by atoms with Crippen LogP contribution in [0.25, 0.3) is 0 Å². The van der Waals surface area contributed by atoms with Crippen molar-refractivity contribution in [3.05, 3.63) is 29.8 Å². The lowest BCUT2D eigenvalue weighted by Crippen LogP contribution is -2.50. The van der Waals surface area contributed by atoms with E-state index >= 15 is 0 Å². The quantitative estimate of drug-likeness (QED) is 0.882. The smallest absolute Gasteiger partial charge is 0.409 e. The molecule has 2 rings (SSSR count). The highest BCUT2D eigenvalue weighted by Gasteiger charge is 2.20. The Balaban J connectivity index is 1.63. The molecular weight excluding hydrogens is 296 g/mol. The number of anilines is 1. The zero-order chi connectivity index (χ0) is 16.7. The number of carbonyl (C=O) groups is 2. The Morgan fingerprint density at radius 3 is 2.39 bits per heavy atom. The van der Waals surface area contributed by atoms with E-state index in [0.717, 1.165) is 30.9 Å². The second-order valence-corrected chi connectivity index (χ2v) is 5.55. The van der Waals surface area contributed by atoms with Crippen molar-refractivity contribution in [3.63, 3.8) is 0 Å². The van der Waals surface area contributed by atoms with Gasteiger partial charge < -0.3 is 20.3 Å². The topological polar surface area (TPSA) is 73.9 Å². The average Bonchev–Trinajstić information content (AvgIpc) is 2.57. The fourth-order valence-corrected chi connectivity index (χ4v) is 2.42. The number of benzene rings is 1. The third-order valence-electron chi connectivity index (χ3n) is 3.83. The van der Waals surface area contributed by atoms with Crippen LogP contribution in [-0.2, 0) is 4.74 Å².